The van der Waals surface area contributed by atoms with E-state index in [-0.39, 0.29) is 16.9 Å². The van der Waals surface area contributed by atoms with Crippen molar-refractivity contribution < 1.29 is 13.6 Å². The van der Waals surface area contributed by atoms with E-state index in [0.717, 1.165) is 24.5 Å². The SMILES string of the molecule is CC(C)(C)[Si](C)(C)Oc1ccc(NC(=O)N2CCCN(c3ccc(F)cn3)CC2)nc1. The lowest BCUT2D eigenvalue weighted by Gasteiger charge is -2.36. The number of urea groups is 1. The van der Waals surface area contributed by atoms with Crippen molar-refractivity contribution in [3.05, 3.63) is 42.5 Å². The number of hydrogen-bond acceptors (Lipinski definition) is 5. The summed E-state index contributed by atoms with van der Waals surface area (Å²) in [6.45, 7) is 13.5. The lowest BCUT2D eigenvalue weighted by Crippen LogP contribution is -2.43. The van der Waals surface area contributed by atoms with Crippen molar-refractivity contribution in [2.75, 3.05) is 36.4 Å². The number of aromatic nitrogens is 2. The zero-order chi connectivity index (χ0) is 22.6. The molecule has 31 heavy (non-hydrogen) atoms. The quantitative estimate of drug-likeness (QED) is 0.688. The first kappa shape index (κ1) is 23.0. The van der Waals surface area contributed by atoms with Crippen LogP contribution in [0, 0.1) is 5.82 Å². The van der Waals surface area contributed by atoms with E-state index in [0.29, 0.717) is 25.5 Å². The number of anilines is 2. The Hall–Kier alpha value is -2.68. The van der Waals surface area contributed by atoms with Crippen LogP contribution in [-0.4, -0.2) is 55.4 Å². The van der Waals surface area contributed by atoms with Crippen LogP contribution in [0.4, 0.5) is 20.8 Å². The molecule has 0 bridgehead atoms. The summed E-state index contributed by atoms with van der Waals surface area (Å²) in [5, 5.41) is 2.97. The molecule has 7 nitrogen and oxygen atoms in total. The van der Waals surface area contributed by atoms with E-state index in [1.807, 2.05) is 6.07 Å². The first-order valence-corrected chi connectivity index (χ1v) is 13.5. The van der Waals surface area contributed by atoms with E-state index < -0.39 is 8.32 Å². The summed E-state index contributed by atoms with van der Waals surface area (Å²) in [6.07, 6.45) is 3.69. The van der Waals surface area contributed by atoms with Gasteiger partial charge in [-0.05, 0) is 48.8 Å². The second kappa shape index (κ2) is 9.21. The van der Waals surface area contributed by atoms with Crippen LogP contribution in [0.5, 0.6) is 5.75 Å². The van der Waals surface area contributed by atoms with Crippen molar-refractivity contribution in [2.45, 2.75) is 45.3 Å². The van der Waals surface area contributed by atoms with Gasteiger partial charge in [-0.3, -0.25) is 5.32 Å². The molecule has 0 aliphatic carbocycles. The number of rotatable bonds is 4. The fraction of sp³-hybridized carbons (Fsp3) is 0.500. The lowest BCUT2D eigenvalue weighted by atomic mass is 10.2. The minimum absolute atomic E-state index is 0.101. The molecule has 0 unspecified atom stereocenters. The molecule has 2 aromatic heterocycles. The number of nitrogens with zero attached hydrogens (tertiary/aromatic N) is 4. The summed E-state index contributed by atoms with van der Waals surface area (Å²) in [4.78, 5) is 25.1. The van der Waals surface area contributed by atoms with Gasteiger partial charge in [0.15, 0.2) is 0 Å². The summed E-state index contributed by atoms with van der Waals surface area (Å²) < 4.78 is 19.4. The third kappa shape index (κ3) is 5.93. The number of nitrogens with one attached hydrogen (secondary N) is 1. The predicted molar refractivity (Wildman–Crippen MR) is 124 cm³/mol. The average molecular weight is 446 g/mol. The van der Waals surface area contributed by atoms with E-state index in [2.05, 4.69) is 54.0 Å². The van der Waals surface area contributed by atoms with E-state index in [1.54, 1.807) is 23.2 Å². The van der Waals surface area contributed by atoms with Crippen LogP contribution in [-0.2, 0) is 0 Å². The third-order valence-corrected chi connectivity index (χ3v) is 10.3. The van der Waals surface area contributed by atoms with Gasteiger partial charge in [0.05, 0.1) is 12.4 Å². The Morgan fingerprint density at radius 1 is 1.06 bits per heavy atom. The summed E-state index contributed by atoms with van der Waals surface area (Å²) in [5.74, 6) is 1.59. The Morgan fingerprint density at radius 2 is 1.84 bits per heavy atom. The Bertz CT molecular complexity index is 884. The number of halogens is 1. The molecule has 3 heterocycles. The molecule has 2 amide bonds. The Morgan fingerprint density at radius 3 is 2.45 bits per heavy atom. The van der Waals surface area contributed by atoms with Gasteiger partial charge >= 0.3 is 6.03 Å². The van der Waals surface area contributed by atoms with Crippen molar-refractivity contribution in [3.8, 4) is 5.75 Å². The Balaban J connectivity index is 1.56. The minimum atomic E-state index is -1.93. The van der Waals surface area contributed by atoms with Crippen LogP contribution in [0.1, 0.15) is 27.2 Å². The fourth-order valence-corrected chi connectivity index (χ4v) is 4.07. The molecule has 1 N–H and O–H groups in total. The maximum atomic E-state index is 13.1. The van der Waals surface area contributed by atoms with Gasteiger partial charge in [0.2, 0.25) is 0 Å². The van der Waals surface area contributed by atoms with Crippen LogP contribution in [0.3, 0.4) is 0 Å². The highest BCUT2D eigenvalue weighted by molar-refractivity contribution is 6.74. The predicted octanol–water partition coefficient (Wildman–Crippen LogP) is 4.74. The molecular weight excluding hydrogens is 413 g/mol. The lowest BCUT2D eigenvalue weighted by molar-refractivity contribution is 0.215. The number of hydrogen-bond donors (Lipinski definition) is 1. The summed E-state index contributed by atoms with van der Waals surface area (Å²) in [7, 11) is -1.93. The van der Waals surface area contributed by atoms with E-state index in [4.69, 9.17) is 4.43 Å². The number of carbonyl (C=O) groups is 1. The number of amides is 2. The van der Waals surface area contributed by atoms with Gasteiger partial charge in [0, 0.05) is 26.2 Å². The van der Waals surface area contributed by atoms with Crippen LogP contribution in [0.15, 0.2) is 36.7 Å². The molecule has 1 saturated heterocycles. The summed E-state index contributed by atoms with van der Waals surface area (Å²) >= 11 is 0. The molecule has 9 heteroatoms. The smallest absolute Gasteiger partial charge is 0.323 e. The fourth-order valence-electron chi connectivity index (χ4n) is 3.06. The maximum Gasteiger partial charge on any atom is 0.323 e. The first-order chi connectivity index (χ1) is 14.5. The second-order valence-corrected chi connectivity index (χ2v) is 14.1. The number of pyridine rings is 2. The average Bonchev–Trinajstić information content (AvgIpc) is 2.95. The molecule has 2 aromatic rings. The van der Waals surface area contributed by atoms with Gasteiger partial charge in [-0.1, -0.05) is 20.8 Å². The van der Waals surface area contributed by atoms with Crippen LogP contribution in [0.25, 0.3) is 0 Å². The van der Waals surface area contributed by atoms with Crippen LogP contribution >= 0.6 is 0 Å². The van der Waals surface area contributed by atoms with Gasteiger partial charge in [-0.2, -0.15) is 0 Å². The van der Waals surface area contributed by atoms with Gasteiger partial charge in [-0.25, -0.2) is 19.2 Å². The monoisotopic (exact) mass is 445 g/mol. The Kier molecular flexibility index (Phi) is 6.83. The zero-order valence-corrected chi connectivity index (χ0v) is 20.0. The molecule has 1 aliphatic rings. The molecule has 0 saturated carbocycles. The first-order valence-electron chi connectivity index (χ1n) is 10.6. The van der Waals surface area contributed by atoms with Crippen molar-refractivity contribution >= 4 is 26.0 Å². The van der Waals surface area contributed by atoms with Crippen LogP contribution < -0.4 is 14.6 Å². The normalized spacial score (nSPS) is 15.4. The summed E-state index contributed by atoms with van der Waals surface area (Å²) in [5.41, 5.74) is 0. The molecule has 3 rings (SSSR count). The van der Waals surface area contributed by atoms with Crippen LogP contribution in [0.2, 0.25) is 18.1 Å². The molecule has 0 atom stereocenters. The van der Waals surface area contributed by atoms with Gasteiger partial charge in [-0.15, -0.1) is 0 Å². The van der Waals surface area contributed by atoms with Crippen molar-refractivity contribution in [1.82, 2.24) is 14.9 Å². The Labute approximate surface area is 184 Å². The van der Waals surface area contributed by atoms with E-state index in [9.17, 15) is 9.18 Å². The third-order valence-electron chi connectivity index (χ3n) is 5.97. The van der Waals surface area contributed by atoms with Gasteiger partial charge in [0.1, 0.15) is 23.2 Å². The standard InChI is InChI=1S/C22H32FN5O2Si/c1-22(2,3)31(4,5)30-18-8-9-19(24-16-18)26-21(29)28-12-6-11-27(13-14-28)20-10-7-17(23)15-25-20/h7-10,15-16H,6,11-14H2,1-5H3,(H,24,26,29). The molecule has 1 fully saturated rings. The highest BCUT2D eigenvalue weighted by Gasteiger charge is 2.39. The molecule has 0 radical (unpaired) electrons. The van der Waals surface area contributed by atoms with Crippen molar-refractivity contribution in [3.63, 3.8) is 0 Å². The maximum absolute atomic E-state index is 13.1. The molecule has 1 aliphatic heterocycles. The summed E-state index contributed by atoms with van der Waals surface area (Å²) in [6, 6.07) is 6.52. The molecule has 0 aromatic carbocycles. The topological polar surface area (TPSA) is 70.6 Å². The van der Waals surface area contributed by atoms with Gasteiger partial charge < -0.3 is 14.2 Å². The van der Waals surface area contributed by atoms with E-state index >= 15 is 0 Å². The zero-order valence-electron chi connectivity index (χ0n) is 19.0. The molecule has 0 spiro atoms. The van der Waals surface area contributed by atoms with Crippen molar-refractivity contribution in [1.29, 1.82) is 0 Å². The van der Waals surface area contributed by atoms with E-state index in [1.165, 1.54) is 12.3 Å². The highest BCUT2D eigenvalue weighted by Crippen LogP contribution is 2.37. The highest BCUT2D eigenvalue weighted by atomic mass is 28.4. The van der Waals surface area contributed by atoms with Crippen molar-refractivity contribution in [2.24, 2.45) is 0 Å². The molecule has 168 valence electrons. The second-order valence-electron chi connectivity index (χ2n) is 9.33. The van der Waals surface area contributed by atoms with Gasteiger partial charge in [0.25, 0.3) is 8.32 Å². The number of carbonyl (C=O) groups excluding carboxylic acids is 1. The molecular formula is C22H32FN5O2Si. The minimum Gasteiger partial charge on any atom is -0.542 e. The largest absolute Gasteiger partial charge is 0.542 e.